The molecule has 28 heavy (non-hydrogen) atoms. The Labute approximate surface area is 164 Å². The Morgan fingerprint density at radius 2 is 2.00 bits per heavy atom. The molecule has 0 aliphatic heterocycles. The summed E-state index contributed by atoms with van der Waals surface area (Å²) in [7, 11) is 1.78. The van der Waals surface area contributed by atoms with E-state index in [-0.39, 0.29) is 0 Å². The number of ether oxygens (including phenoxy) is 1. The largest absolute Gasteiger partial charge is 0.381 e. The molecule has 1 aromatic carbocycles. The van der Waals surface area contributed by atoms with Gasteiger partial charge in [-0.2, -0.15) is 0 Å². The molecule has 142 valence electrons. The number of rotatable bonds is 5. The molecule has 7 heteroatoms. The maximum absolute atomic E-state index is 5.49. The highest BCUT2D eigenvalue weighted by molar-refractivity contribution is 5.87. The van der Waals surface area contributed by atoms with Gasteiger partial charge in [0.25, 0.3) is 0 Å². The zero-order valence-electron chi connectivity index (χ0n) is 15.7. The van der Waals surface area contributed by atoms with Crippen molar-refractivity contribution in [2.75, 3.05) is 17.7 Å². The van der Waals surface area contributed by atoms with E-state index in [1.165, 1.54) is 6.33 Å². The number of benzene rings is 1. The molecule has 0 spiro atoms. The van der Waals surface area contributed by atoms with Crippen molar-refractivity contribution >= 4 is 28.5 Å². The molecule has 2 aromatic heterocycles. The van der Waals surface area contributed by atoms with Crippen LogP contribution in [0.4, 0.5) is 17.5 Å². The van der Waals surface area contributed by atoms with Crippen LogP contribution in [0, 0.1) is 12.3 Å². The third-order valence-corrected chi connectivity index (χ3v) is 5.01. The van der Waals surface area contributed by atoms with Gasteiger partial charge in [0.15, 0.2) is 5.82 Å². The molecule has 4 rings (SSSR count). The van der Waals surface area contributed by atoms with Crippen molar-refractivity contribution in [2.24, 2.45) is 0 Å². The second-order valence-electron chi connectivity index (χ2n) is 6.85. The number of fused-ring (bicyclic) bond motifs is 1. The lowest BCUT2D eigenvalue weighted by Gasteiger charge is -2.28. The fourth-order valence-corrected chi connectivity index (χ4v) is 3.46. The van der Waals surface area contributed by atoms with E-state index in [2.05, 4.69) is 36.5 Å². The van der Waals surface area contributed by atoms with Gasteiger partial charge in [-0.05, 0) is 43.9 Å². The SMILES string of the molecule is C#Cc1cccc(Nc2ncnc3cnc(NC4CCC(OC)CC4)nc23)c1. The van der Waals surface area contributed by atoms with Crippen molar-refractivity contribution in [1.82, 2.24) is 19.9 Å². The molecule has 0 radical (unpaired) electrons. The summed E-state index contributed by atoms with van der Waals surface area (Å²) >= 11 is 0. The van der Waals surface area contributed by atoms with Gasteiger partial charge in [0, 0.05) is 24.4 Å². The van der Waals surface area contributed by atoms with Crippen molar-refractivity contribution in [2.45, 2.75) is 37.8 Å². The molecule has 2 heterocycles. The Balaban J connectivity index is 1.56. The average Bonchev–Trinajstić information content (AvgIpc) is 2.75. The van der Waals surface area contributed by atoms with Gasteiger partial charge >= 0.3 is 0 Å². The number of terminal acetylenes is 1. The Kier molecular flexibility index (Phi) is 5.31. The van der Waals surface area contributed by atoms with E-state index in [1.54, 1.807) is 13.3 Å². The minimum atomic E-state index is 0.345. The van der Waals surface area contributed by atoms with Crippen LogP contribution in [0.5, 0.6) is 0 Å². The summed E-state index contributed by atoms with van der Waals surface area (Å²) in [5, 5.41) is 6.72. The highest BCUT2D eigenvalue weighted by atomic mass is 16.5. The van der Waals surface area contributed by atoms with Crippen molar-refractivity contribution in [1.29, 1.82) is 0 Å². The minimum Gasteiger partial charge on any atom is -0.381 e. The minimum absolute atomic E-state index is 0.345. The molecule has 1 aliphatic rings. The van der Waals surface area contributed by atoms with Crippen LogP contribution in [-0.2, 0) is 4.74 Å². The highest BCUT2D eigenvalue weighted by Crippen LogP contribution is 2.25. The summed E-state index contributed by atoms with van der Waals surface area (Å²) in [6.45, 7) is 0. The van der Waals surface area contributed by atoms with Crippen LogP contribution in [-0.4, -0.2) is 39.2 Å². The first-order valence-electron chi connectivity index (χ1n) is 9.36. The summed E-state index contributed by atoms with van der Waals surface area (Å²) in [6, 6.07) is 7.95. The van der Waals surface area contributed by atoms with Crippen LogP contribution < -0.4 is 10.6 Å². The van der Waals surface area contributed by atoms with Gasteiger partial charge in [-0.25, -0.2) is 19.9 Å². The number of aromatic nitrogens is 4. The lowest BCUT2D eigenvalue weighted by Crippen LogP contribution is -2.29. The van der Waals surface area contributed by atoms with E-state index in [4.69, 9.17) is 11.2 Å². The van der Waals surface area contributed by atoms with Crippen LogP contribution in [0.3, 0.4) is 0 Å². The van der Waals surface area contributed by atoms with Gasteiger partial charge in [0.2, 0.25) is 5.95 Å². The van der Waals surface area contributed by atoms with Crippen molar-refractivity contribution < 1.29 is 4.74 Å². The Morgan fingerprint density at radius 3 is 2.79 bits per heavy atom. The Morgan fingerprint density at radius 1 is 1.14 bits per heavy atom. The quantitative estimate of drug-likeness (QED) is 0.661. The molecule has 7 nitrogen and oxygen atoms in total. The first kappa shape index (κ1) is 18.1. The van der Waals surface area contributed by atoms with Crippen molar-refractivity contribution in [3.05, 3.63) is 42.4 Å². The van der Waals surface area contributed by atoms with Gasteiger partial charge in [-0.3, -0.25) is 0 Å². The normalized spacial score (nSPS) is 19.1. The summed E-state index contributed by atoms with van der Waals surface area (Å²) in [4.78, 5) is 17.7. The van der Waals surface area contributed by atoms with Crippen LogP contribution in [0.1, 0.15) is 31.2 Å². The molecule has 0 bridgehead atoms. The molecule has 2 N–H and O–H groups in total. The van der Waals surface area contributed by atoms with E-state index in [0.29, 0.717) is 34.9 Å². The highest BCUT2D eigenvalue weighted by Gasteiger charge is 2.21. The predicted octanol–water partition coefficient (Wildman–Crippen LogP) is 3.51. The standard InChI is InChI=1S/C21H22N6O/c1-3-14-5-4-6-16(11-14)25-20-19-18(23-13-24-20)12-22-21(27-19)26-15-7-9-17(28-2)10-8-15/h1,4-6,11-13,15,17H,7-10H2,2H3,(H,22,26,27)(H,23,24,25). The zero-order chi connectivity index (χ0) is 19.3. The smallest absolute Gasteiger partial charge is 0.223 e. The number of nitrogens with zero attached hydrogens (tertiary/aromatic N) is 4. The molecule has 1 fully saturated rings. The van der Waals surface area contributed by atoms with Crippen LogP contribution in [0.25, 0.3) is 11.0 Å². The molecule has 0 unspecified atom stereocenters. The summed E-state index contributed by atoms with van der Waals surface area (Å²) in [5.41, 5.74) is 2.99. The van der Waals surface area contributed by atoms with Crippen molar-refractivity contribution in [3.8, 4) is 12.3 Å². The Hall–Kier alpha value is -3.24. The molecule has 0 saturated heterocycles. The maximum Gasteiger partial charge on any atom is 0.223 e. The van der Waals surface area contributed by atoms with Crippen molar-refractivity contribution in [3.63, 3.8) is 0 Å². The molecule has 1 saturated carbocycles. The fraction of sp³-hybridized carbons (Fsp3) is 0.333. The number of hydrogen-bond acceptors (Lipinski definition) is 7. The number of nitrogens with one attached hydrogen (secondary N) is 2. The first-order chi connectivity index (χ1) is 13.7. The Bertz CT molecular complexity index is 1010. The lowest BCUT2D eigenvalue weighted by atomic mass is 9.93. The third-order valence-electron chi connectivity index (χ3n) is 5.01. The monoisotopic (exact) mass is 374 g/mol. The van der Waals surface area contributed by atoms with E-state index in [1.807, 2.05) is 24.3 Å². The van der Waals surface area contributed by atoms with Gasteiger partial charge in [-0.15, -0.1) is 6.42 Å². The summed E-state index contributed by atoms with van der Waals surface area (Å²) < 4.78 is 5.44. The lowest BCUT2D eigenvalue weighted by molar-refractivity contribution is 0.0681. The van der Waals surface area contributed by atoms with Crippen LogP contribution in [0.15, 0.2) is 36.8 Å². The molecular weight excluding hydrogens is 352 g/mol. The summed E-state index contributed by atoms with van der Waals surface area (Å²) in [5.74, 6) is 3.84. The number of hydrogen-bond donors (Lipinski definition) is 2. The number of anilines is 3. The maximum atomic E-state index is 5.49. The fourth-order valence-electron chi connectivity index (χ4n) is 3.46. The molecular formula is C21H22N6O. The van der Waals surface area contributed by atoms with E-state index in [0.717, 1.165) is 36.9 Å². The molecule has 1 aliphatic carbocycles. The van der Waals surface area contributed by atoms with Crippen LogP contribution in [0.2, 0.25) is 0 Å². The predicted molar refractivity (Wildman–Crippen MR) is 109 cm³/mol. The van der Waals surface area contributed by atoms with Crippen LogP contribution >= 0.6 is 0 Å². The molecule has 0 amide bonds. The topological polar surface area (TPSA) is 84.9 Å². The molecule has 3 aromatic rings. The number of methoxy groups -OCH3 is 1. The third kappa shape index (κ3) is 4.02. The zero-order valence-corrected chi connectivity index (χ0v) is 15.7. The van der Waals surface area contributed by atoms with Gasteiger partial charge in [0.05, 0.1) is 12.3 Å². The van der Waals surface area contributed by atoms with E-state index in [9.17, 15) is 0 Å². The van der Waals surface area contributed by atoms with Gasteiger partial charge in [-0.1, -0.05) is 12.0 Å². The summed E-state index contributed by atoms with van der Waals surface area (Å²) in [6.07, 6.45) is 13.2. The average molecular weight is 374 g/mol. The van der Waals surface area contributed by atoms with Gasteiger partial charge in [0.1, 0.15) is 17.4 Å². The van der Waals surface area contributed by atoms with E-state index >= 15 is 0 Å². The second kappa shape index (κ2) is 8.19. The second-order valence-corrected chi connectivity index (χ2v) is 6.85. The molecule has 0 atom stereocenters. The first-order valence-corrected chi connectivity index (χ1v) is 9.36. The van der Waals surface area contributed by atoms with Gasteiger partial charge < -0.3 is 15.4 Å². The van der Waals surface area contributed by atoms with E-state index < -0.39 is 0 Å².